The Balaban J connectivity index is 1.18. The van der Waals surface area contributed by atoms with Crippen molar-refractivity contribution in [1.82, 2.24) is 15.1 Å². The van der Waals surface area contributed by atoms with Crippen molar-refractivity contribution < 1.29 is 14.3 Å². The number of carbonyl (C=O) groups excluding carboxylic acids is 2. The summed E-state index contributed by atoms with van der Waals surface area (Å²) in [5.74, 6) is 1.82. The number of nitrogens with one attached hydrogen (secondary N) is 1. The fourth-order valence-electron chi connectivity index (χ4n) is 7.25. The zero-order valence-corrected chi connectivity index (χ0v) is 20.0. The smallest absolute Gasteiger partial charge is 0.342 e. The van der Waals surface area contributed by atoms with Crippen LogP contribution in [0.4, 0.5) is 0 Å². The van der Waals surface area contributed by atoms with Gasteiger partial charge in [0.2, 0.25) is 0 Å². The second-order valence-electron chi connectivity index (χ2n) is 10.8. The molecular formula is C27H35N3O3. The third-order valence-electron chi connectivity index (χ3n) is 8.48. The highest BCUT2D eigenvalue weighted by Gasteiger charge is 2.53. The highest BCUT2D eigenvalue weighted by Crippen LogP contribution is 2.61. The van der Waals surface area contributed by atoms with Gasteiger partial charge in [0, 0.05) is 6.04 Å². The van der Waals surface area contributed by atoms with Crippen LogP contribution in [-0.2, 0) is 16.1 Å². The molecule has 176 valence electrons. The van der Waals surface area contributed by atoms with Gasteiger partial charge < -0.3 is 10.1 Å². The van der Waals surface area contributed by atoms with Gasteiger partial charge in [0.15, 0.2) is 6.61 Å². The van der Waals surface area contributed by atoms with Crippen LogP contribution in [0.1, 0.15) is 72.8 Å². The van der Waals surface area contributed by atoms with Gasteiger partial charge >= 0.3 is 5.97 Å². The maximum Gasteiger partial charge on any atom is 0.342 e. The first-order valence-corrected chi connectivity index (χ1v) is 12.4. The van der Waals surface area contributed by atoms with Gasteiger partial charge in [-0.3, -0.25) is 9.48 Å². The molecule has 0 radical (unpaired) electrons. The normalized spacial score (nSPS) is 28.5. The van der Waals surface area contributed by atoms with E-state index < -0.39 is 5.97 Å². The lowest BCUT2D eigenvalue weighted by atomic mass is 9.48. The number of esters is 1. The van der Waals surface area contributed by atoms with Gasteiger partial charge in [-0.25, -0.2) is 4.79 Å². The molecule has 4 fully saturated rings. The zero-order chi connectivity index (χ0) is 23.2. The molecule has 0 spiro atoms. The summed E-state index contributed by atoms with van der Waals surface area (Å²) in [6, 6.07) is 10.1. The molecule has 4 aliphatic rings. The van der Waals surface area contributed by atoms with Crippen LogP contribution in [0.15, 0.2) is 30.3 Å². The first-order valence-electron chi connectivity index (χ1n) is 12.4. The molecule has 0 aliphatic heterocycles. The quantitative estimate of drug-likeness (QED) is 0.635. The minimum atomic E-state index is -0.484. The summed E-state index contributed by atoms with van der Waals surface area (Å²) >= 11 is 0. The first-order chi connectivity index (χ1) is 15.8. The fraction of sp³-hybridized carbons (Fsp3) is 0.593. The minimum Gasteiger partial charge on any atom is -0.452 e. The maximum atomic E-state index is 12.8. The van der Waals surface area contributed by atoms with Crippen molar-refractivity contribution in [2.24, 2.45) is 23.2 Å². The van der Waals surface area contributed by atoms with Gasteiger partial charge in [-0.05, 0) is 88.0 Å². The Morgan fingerprint density at radius 3 is 2.30 bits per heavy atom. The Morgan fingerprint density at radius 2 is 1.70 bits per heavy atom. The van der Waals surface area contributed by atoms with Gasteiger partial charge in [0.25, 0.3) is 5.91 Å². The third kappa shape index (κ3) is 4.32. The molecule has 1 heterocycles. The van der Waals surface area contributed by atoms with Crippen LogP contribution in [-0.4, -0.2) is 34.3 Å². The predicted octanol–water partition coefficient (Wildman–Crippen LogP) is 4.43. The Labute approximate surface area is 196 Å². The lowest BCUT2D eigenvalue weighted by Gasteiger charge is -2.59. The van der Waals surface area contributed by atoms with E-state index >= 15 is 0 Å². The van der Waals surface area contributed by atoms with Crippen molar-refractivity contribution in [1.29, 1.82) is 0 Å². The molecule has 33 heavy (non-hydrogen) atoms. The molecule has 0 saturated heterocycles. The number of nitrogens with zero attached hydrogens (tertiary/aromatic N) is 2. The Hall–Kier alpha value is -2.63. The van der Waals surface area contributed by atoms with Gasteiger partial charge in [-0.2, -0.15) is 5.10 Å². The second-order valence-corrected chi connectivity index (χ2v) is 10.8. The number of aromatic nitrogens is 2. The van der Waals surface area contributed by atoms with Gasteiger partial charge in [-0.15, -0.1) is 0 Å². The molecule has 4 bridgehead atoms. The van der Waals surface area contributed by atoms with Gasteiger partial charge in [0.05, 0.1) is 17.9 Å². The van der Waals surface area contributed by atoms with Gasteiger partial charge in [-0.1, -0.05) is 30.3 Å². The van der Waals surface area contributed by atoms with E-state index in [0.29, 0.717) is 17.8 Å². The van der Waals surface area contributed by atoms with Crippen molar-refractivity contribution in [3.05, 3.63) is 52.8 Å². The summed E-state index contributed by atoms with van der Waals surface area (Å²) in [6.07, 6.45) is 7.86. The minimum absolute atomic E-state index is 0.120. The summed E-state index contributed by atoms with van der Waals surface area (Å²) in [5, 5.41) is 7.70. The van der Waals surface area contributed by atoms with Crippen molar-refractivity contribution in [3.8, 4) is 0 Å². The van der Waals surface area contributed by atoms with Crippen molar-refractivity contribution in [2.75, 3.05) is 6.61 Å². The highest BCUT2D eigenvalue weighted by molar-refractivity contribution is 5.93. The van der Waals surface area contributed by atoms with E-state index in [9.17, 15) is 9.59 Å². The summed E-state index contributed by atoms with van der Waals surface area (Å²) in [6.45, 7) is 6.16. The molecule has 6 heteroatoms. The molecule has 1 aromatic heterocycles. The number of hydrogen-bond acceptors (Lipinski definition) is 4. The van der Waals surface area contributed by atoms with Crippen LogP contribution in [0.2, 0.25) is 0 Å². The summed E-state index contributed by atoms with van der Waals surface area (Å²) < 4.78 is 7.25. The molecule has 6 rings (SSSR count). The molecule has 2 aromatic rings. The van der Waals surface area contributed by atoms with Crippen LogP contribution in [0.3, 0.4) is 0 Å². The standard InChI is InChI=1S/C27H35N3O3/c1-17-25(18(2)30(29-17)15-20-7-5-4-6-8-20)26(32)33-16-24(31)28-19(3)27-12-21-9-22(13-27)11-23(10-21)14-27/h4-8,19,21-23H,9-16H2,1-3H3,(H,28,31)/t19-,21?,22?,23?,27?/m1/s1. The number of hydrogen-bond donors (Lipinski definition) is 1. The largest absolute Gasteiger partial charge is 0.452 e. The van der Waals surface area contributed by atoms with E-state index in [4.69, 9.17) is 4.74 Å². The summed E-state index contributed by atoms with van der Waals surface area (Å²) in [5.41, 5.74) is 3.17. The number of ether oxygens (including phenoxy) is 1. The van der Waals surface area contributed by atoms with E-state index in [0.717, 1.165) is 29.0 Å². The van der Waals surface area contributed by atoms with Crippen LogP contribution >= 0.6 is 0 Å². The maximum absolute atomic E-state index is 12.8. The topological polar surface area (TPSA) is 73.2 Å². The molecule has 4 saturated carbocycles. The average molecular weight is 450 g/mol. The average Bonchev–Trinajstić information content (AvgIpc) is 3.04. The van der Waals surface area contributed by atoms with Crippen molar-refractivity contribution >= 4 is 11.9 Å². The molecule has 1 N–H and O–H groups in total. The van der Waals surface area contributed by atoms with Crippen LogP contribution in [0, 0.1) is 37.0 Å². The fourth-order valence-corrected chi connectivity index (χ4v) is 7.25. The predicted molar refractivity (Wildman–Crippen MR) is 126 cm³/mol. The van der Waals surface area contributed by atoms with Crippen LogP contribution in [0.5, 0.6) is 0 Å². The summed E-state index contributed by atoms with van der Waals surface area (Å²) in [7, 11) is 0. The summed E-state index contributed by atoms with van der Waals surface area (Å²) in [4.78, 5) is 25.5. The molecule has 4 aliphatic carbocycles. The SMILES string of the molecule is Cc1nn(Cc2ccccc2)c(C)c1C(=O)OCC(=O)N[C@H](C)C12CC3CC(CC(C3)C1)C2. The Kier molecular flexibility index (Phi) is 5.79. The Morgan fingerprint density at radius 1 is 1.09 bits per heavy atom. The molecule has 0 unspecified atom stereocenters. The van der Waals surface area contributed by atoms with Crippen LogP contribution in [0.25, 0.3) is 0 Å². The number of benzene rings is 1. The molecule has 1 amide bonds. The number of amides is 1. The second kappa shape index (κ2) is 8.62. The van der Waals surface area contributed by atoms with E-state index in [1.165, 1.54) is 38.5 Å². The van der Waals surface area contributed by atoms with Crippen molar-refractivity contribution in [2.45, 2.75) is 71.9 Å². The Bertz CT molecular complexity index is 1010. The highest BCUT2D eigenvalue weighted by atomic mass is 16.5. The number of aryl methyl sites for hydroxylation is 1. The van der Waals surface area contributed by atoms with Crippen molar-refractivity contribution in [3.63, 3.8) is 0 Å². The lowest BCUT2D eigenvalue weighted by molar-refractivity contribution is -0.128. The van der Waals surface area contributed by atoms with E-state index in [1.807, 2.05) is 41.9 Å². The third-order valence-corrected chi connectivity index (χ3v) is 8.48. The lowest BCUT2D eigenvalue weighted by Crippen LogP contribution is -2.56. The van der Waals surface area contributed by atoms with E-state index in [2.05, 4.69) is 17.3 Å². The monoisotopic (exact) mass is 449 g/mol. The number of carbonyl (C=O) groups is 2. The molecule has 1 aromatic carbocycles. The zero-order valence-electron chi connectivity index (χ0n) is 20.0. The number of rotatable bonds is 7. The molecular weight excluding hydrogens is 414 g/mol. The van der Waals surface area contributed by atoms with E-state index in [1.54, 1.807) is 6.92 Å². The molecule has 1 atom stereocenters. The molecule has 6 nitrogen and oxygen atoms in total. The van der Waals surface area contributed by atoms with E-state index in [-0.39, 0.29) is 24.0 Å². The first kappa shape index (κ1) is 22.2. The van der Waals surface area contributed by atoms with Crippen LogP contribution < -0.4 is 5.32 Å². The van der Waals surface area contributed by atoms with Gasteiger partial charge in [0.1, 0.15) is 5.56 Å².